The second-order valence-corrected chi connectivity index (χ2v) is 5.21. The molecular formula is C10H16N2O2S. The van der Waals surface area contributed by atoms with Gasteiger partial charge in [0.15, 0.2) is 0 Å². The Morgan fingerprint density at radius 1 is 1.40 bits per heavy atom. The minimum atomic E-state index is -3.43. The summed E-state index contributed by atoms with van der Waals surface area (Å²) < 4.78 is 26.2. The van der Waals surface area contributed by atoms with Crippen LogP contribution in [0.1, 0.15) is 12.5 Å². The molecule has 0 heterocycles. The predicted molar refractivity (Wildman–Crippen MR) is 60.0 cm³/mol. The second-order valence-electron chi connectivity index (χ2n) is 3.52. The molecule has 1 rings (SSSR count). The summed E-state index contributed by atoms with van der Waals surface area (Å²) >= 11 is 0. The molecule has 4 nitrogen and oxygen atoms in total. The van der Waals surface area contributed by atoms with Gasteiger partial charge in [0.05, 0.1) is 4.90 Å². The lowest BCUT2D eigenvalue weighted by molar-refractivity contribution is 0.562. The van der Waals surface area contributed by atoms with Gasteiger partial charge in [-0.25, -0.2) is 13.1 Å². The maximum Gasteiger partial charge on any atom is 0.241 e. The van der Waals surface area contributed by atoms with Gasteiger partial charge in [0.25, 0.3) is 0 Å². The molecule has 0 aromatic heterocycles. The van der Waals surface area contributed by atoms with Gasteiger partial charge >= 0.3 is 0 Å². The molecule has 1 aromatic carbocycles. The molecule has 0 radical (unpaired) electrons. The normalized spacial score (nSPS) is 13.8. The minimum Gasteiger partial charge on any atom is -0.329 e. The Bertz CT molecular complexity index is 429. The summed E-state index contributed by atoms with van der Waals surface area (Å²) in [6.45, 7) is 3.78. The van der Waals surface area contributed by atoms with Gasteiger partial charge in [-0.3, -0.25) is 0 Å². The number of sulfonamides is 1. The number of hydrogen-bond donors (Lipinski definition) is 2. The summed E-state index contributed by atoms with van der Waals surface area (Å²) in [5, 5.41) is 0. The van der Waals surface area contributed by atoms with E-state index in [1.165, 1.54) is 0 Å². The van der Waals surface area contributed by atoms with Gasteiger partial charge in [-0.15, -0.1) is 0 Å². The van der Waals surface area contributed by atoms with Crippen LogP contribution in [-0.2, 0) is 10.0 Å². The molecule has 0 fully saturated rings. The Kier molecular flexibility index (Phi) is 3.84. The molecule has 1 atom stereocenters. The third-order valence-electron chi connectivity index (χ3n) is 2.09. The van der Waals surface area contributed by atoms with Crippen molar-refractivity contribution in [3.05, 3.63) is 29.8 Å². The lowest BCUT2D eigenvalue weighted by atomic mass is 10.2. The van der Waals surface area contributed by atoms with Crippen LogP contribution in [0.3, 0.4) is 0 Å². The molecule has 0 aliphatic carbocycles. The van der Waals surface area contributed by atoms with Crippen LogP contribution in [0.4, 0.5) is 0 Å². The van der Waals surface area contributed by atoms with Gasteiger partial charge in [0.1, 0.15) is 0 Å². The standard InChI is InChI=1S/C10H16N2O2S/c1-8-5-3-4-6-10(8)15(13,14)12-9(2)7-11/h3-6,9,12H,7,11H2,1-2H3/t9-/m1/s1. The van der Waals surface area contributed by atoms with E-state index >= 15 is 0 Å². The molecule has 0 bridgehead atoms. The predicted octanol–water partition coefficient (Wildman–Crippen LogP) is 0.621. The van der Waals surface area contributed by atoms with E-state index in [9.17, 15) is 8.42 Å². The highest BCUT2D eigenvalue weighted by molar-refractivity contribution is 7.89. The summed E-state index contributed by atoms with van der Waals surface area (Å²) in [5.41, 5.74) is 6.10. The first kappa shape index (κ1) is 12.2. The second kappa shape index (κ2) is 4.74. The third kappa shape index (κ3) is 3.02. The van der Waals surface area contributed by atoms with E-state index < -0.39 is 10.0 Å². The maximum atomic E-state index is 11.9. The van der Waals surface area contributed by atoms with Crippen molar-refractivity contribution in [3.8, 4) is 0 Å². The highest BCUT2D eigenvalue weighted by Crippen LogP contribution is 2.13. The molecule has 84 valence electrons. The first-order valence-corrected chi connectivity index (χ1v) is 6.23. The Morgan fingerprint density at radius 2 is 2.00 bits per heavy atom. The lowest BCUT2D eigenvalue weighted by Crippen LogP contribution is -2.37. The maximum absolute atomic E-state index is 11.9. The van der Waals surface area contributed by atoms with Crippen LogP contribution in [0.15, 0.2) is 29.2 Å². The van der Waals surface area contributed by atoms with Crippen molar-refractivity contribution in [3.63, 3.8) is 0 Å². The SMILES string of the molecule is Cc1ccccc1S(=O)(=O)N[C@H](C)CN. The smallest absolute Gasteiger partial charge is 0.241 e. The van der Waals surface area contributed by atoms with Gasteiger partial charge in [0.2, 0.25) is 10.0 Å². The van der Waals surface area contributed by atoms with Crippen molar-refractivity contribution in [1.82, 2.24) is 4.72 Å². The van der Waals surface area contributed by atoms with Gasteiger partial charge in [-0.05, 0) is 25.5 Å². The summed E-state index contributed by atoms with van der Waals surface area (Å²) in [4.78, 5) is 0.310. The fraction of sp³-hybridized carbons (Fsp3) is 0.400. The van der Waals surface area contributed by atoms with Crippen LogP contribution >= 0.6 is 0 Å². The van der Waals surface area contributed by atoms with Crippen LogP contribution in [0.5, 0.6) is 0 Å². The van der Waals surface area contributed by atoms with Crippen molar-refractivity contribution < 1.29 is 8.42 Å². The van der Waals surface area contributed by atoms with Crippen molar-refractivity contribution in [2.75, 3.05) is 6.54 Å². The van der Waals surface area contributed by atoms with Gasteiger partial charge in [-0.1, -0.05) is 18.2 Å². The summed E-state index contributed by atoms with van der Waals surface area (Å²) in [5.74, 6) is 0. The molecule has 0 spiro atoms. The van der Waals surface area contributed by atoms with E-state index in [0.717, 1.165) is 5.56 Å². The van der Waals surface area contributed by atoms with Gasteiger partial charge in [0, 0.05) is 12.6 Å². The zero-order valence-electron chi connectivity index (χ0n) is 8.90. The molecule has 0 aliphatic heterocycles. The summed E-state index contributed by atoms with van der Waals surface area (Å²) in [6.07, 6.45) is 0. The first-order valence-electron chi connectivity index (χ1n) is 4.75. The number of hydrogen-bond acceptors (Lipinski definition) is 3. The van der Waals surface area contributed by atoms with Gasteiger partial charge < -0.3 is 5.73 Å². The topological polar surface area (TPSA) is 72.2 Å². The fourth-order valence-corrected chi connectivity index (χ4v) is 2.74. The molecule has 0 saturated carbocycles. The Hall–Kier alpha value is -0.910. The molecule has 15 heavy (non-hydrogen) atoms. The van der Waals surface area contributed by atoms with Crippen molar-refractivity contribution in [2.45, 2.75) is 24.8 Å². The highest BCUT2D eigenvalue weighted by atomic mass is 32.2. The van der Waals surface area contributed by atoms with Crippen LogP contribution in [-0.4, -0.2) is 21.0 Å². The summed E-state index contributed by atoms with van der Waals surface area (Å²) in [6, 6.07) is 6.60. The Labute approximate surface area is 90.5 Å². The van der Waals surface area contributed by atoms with Crippen molar-refractivity contribution in [2.24, 2.45) is 5.73 Å². The largest absolute Gasteiger partial charge is 0.329 e. The Balaban J connectivity index is 3.02. The van der Waals surface area contributed by atoms with Gasteiger partial charge in [-0.2, -0.15) is 0 Å². The average Bonchev–Trinajstić information content (AvgIpc) is 2.17. The monoisotopic (exact) mass is 228 g/mol. The average molecular weight is 228 g/mol. The lowest BCUT2D eigenvalue weighted by Gasteiger charge is -2.13. The van der Waals surface area contributed by atoms with Crippen LogP contribution in [0, 0.1) is 6.92 Å². The number of nitrogens with one attached hydrogen (secondary N) is 1. The number of rotatable bonds is 4. The number of aryl methyl sites for hydroxylation is 1. The quantitative estimate of drug-likeness (QED) is 0.793. The van der Waals surface area contributed by atoms with E-state index in [2.05, 4.69) is 4.72 Å². The van der Waals surface area contributed by atoms with Crippen LogP contribution < -0.4 is 10.5 Å². The Morgan fingerprint density at radius 3 is 2.53 bits per heavy atom. The van der Waals surface area contributed by atoms with E-state index in [1.54, 1.807) is 38.1 Å². The number of nitrogens with two attached hydrogens (primary N) is 1. The highest BCUT2D eigenvalue weighted by Gasteiger charge is 2.17. The van der Waals surface area contributed by atoms with Crippen LogP contribution in [0.2, 0.25) is 0 Å². The van der Waals surface area contributed by atoms with E-state index in [4.69, 9.17) is 5.73 Å². The molecular weight excluding hydrogens is 212 g/mol. The molecule has 5 heteroatoms. The van der Waals surface area contributed by atoms with E-state index in [-0.39, 0.29) is 12.6 Å². The molecule has 1 aromatic rings. The van der Waals surface area contributed by atoms with Crippen molar-refractivity contribution in [1.29, 1.82) is 0 Å². The van der Waals surface area contributed by atoms with Crippen molar-refractivity contribution >= 4 is 10.0 Å². The van der Waals surface area contributed by atoms with Crippen LogP contribution in [0.25, 0.3) is 0 Å². The first-order chi connectivity index (χ1) is 6.97. The van der Waals surface area contributed by atoms with E-state index in [1.807, 2.05) is 0 Å². The van der Waals surface area contributed by atoms with E-state index in [0.29, 0.717) is 4.90 Å². The molecule has 0 aliphatic rings. The zero-order chi connectivity index (χ0) is 11.5. The summed E-state index contributed by atoms with van der Waals surface area (Å²) in [7, 11) is -3.43. The minimum absolute atomic E-state index is 0.255. The molecule has 0 saturated heterocycles. The number of benzene rings is 1. The fourth-order valence-electron chi connectivity index (χ4n) is 1.23. The molecule has 3 N–H and O–H groups in total. The molecule has 0 amide bonds. The zero-order valence-corrected chi connectivity index (χ0v) is 9.71. The molecule has 0 unspecified atom stereocenters. The third-order valence-corrected chi connectivity index (χ3v) is 3.84.